The average molecular weight is 411 g/mol. The summed E-state index contributed by atoms with van der Waals surface area (Å²) in [5.74, 6) is 0.389. The number of carbonyl (C=O) groups is 1. The molecule has 0 aromatic carbocycles. The number of rotatable bonds is 5. The van der Waals surface area contributed by atoms with Crippen molar-refractivity contribution in [2.24, 2.45) is 5.92 Å². The van der Waals surface area contributed by atoms with E-state index < -0.39 is 0 Å². The maximum Gasteiger partial charge on any atom is 0.273 e. The van der Waals surface area contributed by atoms with Crippen LogP contribution < -0.4 is 21.5 Å². The second-order valence-corrected chi connectivity index (χ2v) is 8.32. The van der Waals surface area contributed by atoms with Gasteiger partial charge in [0.05, 0.1) is 24.4 Å². The summed E-state index contributed by atoms with van der Waals surface area (Å²) in [5.41, 5.74) is 8.40. The van der Waals surface area contributed by atoms with Crippen molar-refractivity contribution in [3.8, 4) is 10.6 Å². The van der Waals surface area contributed by atoms with E-state index in [4.69, 9.17) is 0 Å². The number of carbonyl (C=O) groups excluding carboxylic acids is 1. The van der Waals surface area contributed by atoms with E-state index in [-0.39, 0.29) is 5.91 Å². The van der Waals surface area contributed by atoms with Gasteiger partial charge in [0.25, 0.3) is 5.91 Å². The van der Waals surface area contributed by atoms with Gasteiger partial charge in [-0.3, -0.25) is 20.6 Å². The number of nitrogens with zero attached hydrogens (tertiary/aromatic N) is 4. The van der Waals surface area contributed by atoms with Crippen LogP contribution in [-0.2, 0) is 0 Å². The highest BCUT2D eigenvalue weighted by Crippen LogP contribution is 2.32. The first-order chi connectivity index (χ1) is 14.2. The van der Waals surface area contributed by atoms with Crippen molar-refractivity contribution < 1.29 is 4.79 Å². The number of hydrazine groups is 1. The molecule has 1 amide bonds. The van der Waals surface area contributed by atoms with Gasteiger partial charge in [0, 0.05) is 30.4 Å². The molecule has 3 aromatic rings. The van der Waals surface area contributed by atoms with E-state index in [2.05, 4.69) is 46.6 Å². The molecule has 29 heavy (non-hydrogen) atoms. The summed E-state index contributed by atoms with van der Waals surface area (Å²) >= 11 is 1.50. The van der Waals surface area contributed by atoms with Crippen molar-refractivity contribution in [1.82, 2.24) is 36.0 Å². The number of hydrogen-bond acceptors (Lipinski definition) is 9. The fourth-order valence-corrected chi connectivity index (χ4v) is 4.71. The van der Waals surface area contributed by atoms with Gasteiger partial charge in [-0.1, -0.05) is 11.3 Å². The van der Waals surface area contributed by atoms with E-state index in [9.17, 15) is 4.79 Å². The number of pyridine rings is 1. The van der Waals surface area contributed by atoms with Gasteiger partial charge in [0.15, 0.2) is 5.01 Å². The predicted octanol–water partition coefficient (Wildman–Crippen LogP) is 1.63. The number of H-pyrrole nitrogens is 1. The molecule has 3 unspecified atom stereocenters. The molecule has 4 heterocycles. The fraction of sp³-hybridized carbons (Fsp3) is 0.389. The van der Waals surface area contributed by atoms with Crippen molar-refractivity contribution in [1.29, 1.82) is 0 Å². The molecule has 5 N–H and O–H groups in total. The molecule has 1 saturated heterocycles. The number of aromatic amines is 1. The summed E-state index contributed by atoms with van der Waals surface area (Å²) in [6.07, 6.45) is 9.64. The van der Waals surface area contributed by atoms with Gasteiger partial charge in [-0.2, -0.15) is 0 Å². The van der Waals surface area contributed by atoms with Crippen molar-refractivity contribution in [2.75, 3.05) is 17.2 Å². The largest absolute Gasteiger partial charge is 0.357 e. The second-order valence-electron chi connectivity index (χ2n) is 7.34. The van der Waals surface area contributed by atoms with Gasteiger partial charge in [0.1, 0.15) is 5.69 Å². The molecule has 2 aliphatic rings. The number of hydrogen-bond donors (Lipinski definition) is 5. The summed E-state index contributed by atoms with van der Waals surface area (Å²) in [5, 5.41) is 16.5. The monoisotopic (exact) mass is 411 g/mol. The highest BCUT2D eigenvalue weighted by atomic mass is 32.1. The smallest absolute Gasteiger partial charge is 0.273 e. The molecule has 1 aliphatic heterocycles. The van der Waals surface area contributed by atoms with Gasteiger partial charge >= 0.3 is 0 Å². The fourth-order valence-electron chi connectivity index (χ4n) is 3.91. The molecule has 11 heteroatoms. The van der Waals surface area contributed by atoms with Gasteiger partial charge in [-0.25, -0.2) is 4.98 Å². The Kier molecular flexibility index (Phi) is 4.92. The molecule has 1 saturated carbocycles. The molecule has 0 spiro atoms. The Morgan fingerprint density at radius 2 is 2.14 bits per heavy atom. The van der Waals surface area contributed by atoms with Crippen LogP contribution in [0.25, 0.3) is 10.6 Å². The standard InChI is InChI=1S/C18H21N9OS/c28-16(15-8-20-9-21-15)23-13-4-11(5-19-7-13)17-26-27-18(29-17)24-12-1-2-14-10(3-12)6-22-25-14/h4-5,7-10,12,14,22,25H,1-3,6H2,(H,20,21)(H,23,28)(H,24,27). The summed E-state index contributed by atoms with van der Waals surface area (Å²) in [6.45, 7) is 1.02. The van der Waals surface area contributed by atoms with Crippen molar-refractivity contribution >= 4 is 28.1 Å². The number of imidazole rings is 1. The number of amides is 1. The third-order valence-electron chi connectivity index (χ3n) is 5.37. The van der Waals surface area contributed by atoms with Crippen molar-refractivity contribution in [2.45, 2.75) is 31.3 Å². The first kappa shape index (κ1) is 18.2. The van der Waals surface area contributed by atoms with Crippen LogP contribution in [0.3, 0.4) is 0 Å². The molecular formula is C18H21N9OS. The first-order valence-corrected chi connectivity index (χ1v) is 10.4. The second kappa shape index (κ2) is 7.85. The zero-order valence-corrected chi connectivity index (χ0v) is 16.4. The number of aromatic nitrogens is 5. The van der Waals surface area contributed by atoms with Crippen LogP contribution in [0.4, 0.5) is 10.8 Å². The average Bonchev–Trinajstić information content (AvgIpc) is 3.49. The first-order valence-electron chi connectivity index (χ1n) is 9.58. The SMILES string of the molecule is O=C(Nc1cncc(-c2nnc(NC3CCC4NNCC4C3)s2)c1)c1cnc[nH]1. The van der Waals surface area contributed by atoms with Crippen LogP contribution >= 0.6 is 11.3 Å². The van der Waals surface area contributed by atoms with E-state index >= 15 is 0 Å². The highest BCUT2D eigenvalue weighted by molar-refractivity contribution is 7.18. The third kappa shape index (κ3) is 3.97. The minimum absolute atomic E-state index is 0.271. The molecule has 2 fully saturated rings. The number of anilines is 2. The quantitative estimate of drug-likeness (QED) is 0.428. The van der Waals surface area contributed by atoms with Crippen LogP contribution in [0, 0.1) is 5.92 Å². The Labute approximate surface area is 170 Å². The van der Waals surface area contributed by atoms with Crippen LogP contribution in [0.5, 0.6) is 0 Å². The minimum atomic E-state index is -0.271. The summed E-state index contributed by atoms with van der Waals surface area (Å²) < 4.78 is 0. The van der Waals surface area contributed by atoms with Crippen molar-refractivity contribution in [3.63, 3.8) is 0 Å². The Hall–Kier alpha value is -2.89. The summed E-state index contributed by atoms with van der Waals surface area (Å²) in [6, 6.07) is 2.84. The van der Waals surface area contributed by atoms with E-state index in [1.54, 1.807) is 12.4 Å². The van der Waals surface area contributed by atoms with E-state index in [0.717, 1.165) is 41.5 Å². The molecule has 3 atom stereocenters. The lowest BCUT2D eigenvalue weighted by atomic mass is 9.83. The third-order valence-corrected chi connectivity index (χ3v) is 6.28. The van der Waals surface area contributed by atoms with Gasteiger partial charge in [0.2, 0.25) is 5.13 Å². The molecule has 3 aromatic heterocycles. The maximum absolute atomic E-state index is 12.2. The van der Waals surface area contributed by atoms with E-state index in [0.29, 0.717) is 29.4 Å². The lowest BCUT2D eigenvalue weighted by molar-refractivity contribution is 0.102. The predicted molar refractivity (Wildman–Crippen MR) is 109 cm³/mol. The lowest BCUT2D eigenvalue weighted by Crippen LogP contribution is -2.39. The van der Waals surface area contributed by atoms with Crippen LogP contribution in [0.1, 0.15) is 29.8 Å². The number of nitrogens with one attached hydrogen (secondary N) is 5. The Balaban J connectivity index is 1.25. The zero-order valence-electron chi connectivity index (χ0n) is 15.6. The van der Waals surface area contributed by atoms with E-state index in [1.807, 2.05) is 6.07 Å². The van der Waals surface area contributed by atoms with Gasteiger partial charge < -0.3 is 15.6 Å². The molecule has 5 rings (SSSR count). The molecule has 150 valence electrons. The lowest BCUT2D eigenvalue weighted by Gasteiger charge is -2.30. The normalized spacial score (nSPS) is 23.5. The summed E-state index contributed by atoms with van der Waals surface area (Å²) in [4.78, 5) is 23.0. The van der Waals surface area contributed by atoms with Gasteiger partial charge in [-0.15, -0.1) is 10.2 Å². The van der Waals surface area contributed by atoms with Gasteiger partial charge in [-0.05, 0) is 31.2 Å². The van der Waals surface area contributed by atoms with Crippen LogP contribution in [0.15, 0.2) is 31.0 Å². The molecule has 10 nitrogen and oxygen atoms in total. The molecule has 0 bridgehead atoms. The highest BCUT2D eigenvalue weighted by Gasteiger charge is 2.34. The zero-order chi connectivity index (χ0) is 19.6. The Morgan fingerprint density at radius 3 is 3.03 bits per heavy atom. The molecular weight excluding hydrogens is 390 g/mol. The molecule has 1 aliphatic carbocycles. The topological polar surface area (TPSA) is 133 Å². The van der Waals surface area contributed by atoms with Crippen LogP contribution in [0.2, 0.25) is 0 Å². The van der Waals surface area contributed by atoms with Crippen LogP contribution in [-0.4, -0.2) is 49.7 Å². The van der Waals surface area contributed by atoms with E-state index in [1.165, 1.54) is 23.9 Å². The number of fused-ring (bicyclic) bond motifs is 1. The summed E-state index contributed by atoms with van der Waals surface area (Å²) in [7, 11) is 0. The minimum Gasteiger partial charge on any atom is -0.357 e. The maximum atomic E-state index is 12.2. The van der Waals surface area contributed by atoms with Crippen molar-refractivity contribution in [3.05, 3.63) is 36.7 Å². The molecule has 0 radical (unpaired) electrons. The Morgan fingerprint density at radius 1 is 1.17 bits per heavy atom. The Bertz CT molecular complexity index is 989.